The average Bonchev–Trinajstić information content (AvgIpc) is 2.80. The van der Waals surface area contributed by atoms with Gasteiger partial charge in [-0.05, 0) is 12.1 Å². The zero-order valence-electron chi connectivity index (χ0n) is 16.8. The van der Waals surface area contributed by atoms with Crippen LogP contribution in [0.25, 0.3) is 11.4 Å². The Bertz CT molecular complexity index is 896. The number of anilines is 3. The van der Waals surface area contributed by atoms with Crippen molar-refractivity contribution >= 4 is 17.3 Å². The first-order chi connectivity index (χ1) is 14.3. The summed E-state index contributed by atoms with van der Waals surface area (Å²) in [4.78, 5) is 14.4. The molecule has 1 fully saturated rings. The molecule has 0 bridgehead atoms. The largest absolute Gasteiger partial charge is 0.383 e. The predicted octanol–water partition coefficient (Wildman–Crippen LogP) is 3.53. The number of ether oxygens (including phenoxy) is 1. The summed E-state index contributed by atoms with van der Waals surface area (Å²) in [6.07, 6.45) is 0. The van der Waals surface area contributed by atoms with Gasteiger partial charge in [-0.2, -0.15) is 0 Å². The molecule has 6 nitrogen and oxygen atoms in total. The molecule has 1 aliphatic rings. The molecule has 3 aromatic rings. The summed E-state index contributed by atoms with van der Waals surface area (Å²) in [5.74, 6) is 2.54. The van der Waals surface area contributed by atoms with Crippen LogP contribution >= 0.6 is 0 Å². The van der Waals surface area contributed by atoms with Crippen LogP contribution in [0, 0.1) is 0 Å². The average molecular weight is 390 g/mol. The minimum atomic E-state index is 0.635. The minimum absolute atomic E-state index is 0.635. The lowest BCUT2D eigenvalue weighted by atomic mass is 10.2. The molecule has 0 spiro atoms. The van der Waals surface area contributed by atoms with Crippen molar-refractivity contribution in [3.05, 3.63) is 66.7 Å². The Labute approximate surface area is 172 Å². The maximum Gasteiger partial charge on any atom is 0.163 e. The molecule has 150 valence electrons. The fourth-order valence-corrected chi connectivity index (χ4v) is 3.52. The number of aromatic nitrogens is 2. The van der Waals surface area contributed by atoms with E-state index in [2.05, 4.69) is 45.4 Å². The van der Waals surface area contributed by atoms with Gasteiger partial charge in [0.2, 0.25) is 0 Å². The van der Waals surface area contributed by atoms with Crippen molar-refractivity contribution in [3.63, 3.8) is 0 Å². The van der Waals surface area contributed by atoms with E-state index in [9.17, 15) is 0 Å². The molecule has 4 rings (SSSR count). The van der Waals surface area contributed by atoms with Crippen LogP contribution in [0.5, 0.6) is 0 Å². The Balaban J connectivity index is 1.53. The normalized spacial score (nSPS) is 14.1. The predicted molar refractivity (Wildman–Crippen MR) is 119 cm³/mol. The molecule has 0 saturated carbocycles. The van der Waals surface area contributed by atoms with Crippen molar-refractivity contribution < 1.29 is 4.74 Å². The highest BCUT2D eigenvalue weighted by molar-refractivity contribution is 5.62. The fraction of sp³-hybridized carbons (Fsp3) is 0.304. The van der Waals surface area contributed by atoms with Gasteiger partial charge in [0.1, 0.15) is 11.6 Å². The summed E-state index contributed by atoms with van der Waals surface area (Å²) < 4.78 is 5.16. The van der Waals surface area contributed by atoms with Crippen molar-refractivity contribution in [2.75, 3.05) is 61.6 Å². The van der Waals surface area contributed by atoms with E-state index in [0.717, 1.165) is 49.2 Å². The van der Waals surface area contributed by atoms with Crippen LogP contribution in [-0.2, 0) is 4.74 Å². The SMILES string of the molecule is COCCNc1cc(N2CCN(c3ccccc3)CC2)nc(-c2ccccc2)n1. The molecule has 0 amide bonds. The van der Waals surface area contributed by atoms with Crippen molar-refractivity contribution in [3.8, 4) is 11.4 Å². The standard InChI is InChI=1S/C23H27N5O/c1-29-17-12-24-21-18-22(26-23(25-21)19-8-4-2-5-9-19)28-15-13-27(14-16-28)20-10-6-3-7-11-20/h2-11,18H,12-17H2,1H3,(H,24,25,26). The van der Waals surface area contributed by atoms with Gasteiger partial charge in [0.05, 0.1) is 6.61 Å². The highest BCUT2D eigenvalue weighted by atomic mass is 16.5. The zero-order valence-corrected chi connectivity index (χ0v) is 16.8. The van der Waals surface area contributed by atoms with E-state index in [4.69, 9.17) is 14.7 Å². The van der Waals surface area contributed by atoms with Crippen molar-refractivity contribution in [2.24, 2.45) is 0 Å². The molecule has 6 heteroatoms. The van der Waals surface area contributed by atoms with Gasteiger partial charge in [0, 0.05) is 57.2 Å². The van der Waals surface area contributed by atoms with Crippen LogP contribution in [0.4, 0.5) is 17.3 Å². The Kier molecular flexibility index (Phi) is 6.22. The molecule has 0 aliphatic carbocycles. The second-order valence-corrected chi connectivity index (χ2v) is 7.03. The maximum absolute atomic E-state index is 5.16. The van der Waals surface area contributed by atoms with Gasteiger partial charge in [-0.25, -0.2) is 9.97 Å². The monoisotopic (exact) mass is 389 g/mol. The van der Waals surface area contributed by atoms with E-state index >= 15 is 0 Å². The third-order valence-electron chi connectivity index (χ3n) is 5.08. The second-order valence-electron chi connectivity index (χ2n) is 7.03. The van der Waals surface area contributed by atoms with Crippen LogP contribution in [0.3, 0.4) is 0 Å². The lowest BCUT2D eigenvalue weighted by Crippen LogP contribution is -2.46. The molecule has 2 heterocycles. The Morgan fingerprint density at radius 1 is 0.862 bits per heavy atom. The van der Waals surface area contributed by atoms with Crippen molar-refractivity contribution in [1.82, 2.24) is 9.97 Å². The molecule has 1 aromatic heterocycles. The maximum atomic E-state index is 5.16. The summed E-state index contributed by atoms with van der Waals surface area (Å²) in [5, 5.41) is 3.36. The second kappa shape index (κ2) is 9.39. The minimum Gasteiger partial charge on any atom is -0.383 e. The number of para-hydroxylation sites is 1. The van der Waals surface area contributed by atoms with Crippen LogP contribution < -0.4 is 15.1 Å². The Morgan fingerprint density at radius 3 is 2.21 bits per heavy atom. The van der Waals surface area contributed by atoms with Gasteiger partial charge in [0.25, 0.3) is 0 Å². The zero-order chi connectivity index (χ0) is 19.9. The third-order valence-corrected chi connectivity index (χ3v) is 5.08. The highest BCUT2D eigenvalue weighted by Crippen LogP contribution is 2.24. The number of nitrogens with one attached hydrogen (secondary N) is 1. The molecule has 0 radical (unpaired) electrons. The number of benzene rings is 2. The molecular formula is C23H27N5O. The van der Waals surface area contributed by atoms with Gasteiger partial charge in [-0.15, -0.1) is 0 Å². The van der Waals surface area contributed by atoms with Crippen molar-refractivity contribution in [1.29, 1.82) is 0 Å². The number of piperazine rings is 1. The molecule has 1 saturated heterocycles. The first kappa shape index (κ1) is 19.2. The number of hydrogen-bond donors (Lipinski definition) is 1. The molecule has 0 atom stereocenters. The van der Waals surface area contributed by atoms with E-state index in [0.29, 0.717) is 13.2 Å². The summed E-state index contributed by atoms with van der Waals surface area (Å²) in [7, 11) is 1.70. The number of hydrogen-bond acceptors (Lipinski definition) is 6. The molecule has 1 N–H and O–H groups in total. The molecule has 0 unspecified atom stereocenters. The molecule has 2 aromatic carbocycles. The fourth-order valence-electron chi connectivity index (χ4n) is 3.52. The van der Waals surface area contributed by atoms with Crippen LogP contribution in [-0.4, -0.2) is 56.4 Å². The summed E-state index contributed by atoms with van der Waals surface area (Å²) in [6.45, 7) is 5.15. The lowest BCUT2D eigenvalue weighted by Gasteiger charge is -2.37. The van der Waals surface area contributed by atoms with Gasteiger partial charge in [-0.1, -0.05) is 48.5 Å². The molecular weight excluding hydrogens is 362 g/mol. The Hall–Kier alpha value is -3.12. The van der Waals surface area contributed by atoms with Crippen LogP contribution in [0.1, 0.15) is 0 Å². The van der Waals surface area contributed by atoms with E-state index in [-0.39, 0.29) is 0 Å². The van der Waals surface area contributed by atoms with E-state index in [1.807, 2.05) is 36.4 Å². The summed E-state index contributed by atoms with van der Waals surface area (Å²) in [5.41, 5.74) is 2.30. The van der Waals surface area contributed by atoms with E-state index < -0.39 is 0 Å². The lowest BCUT2D eigenvalue weighted by molar-refractivity contribution is 0.210. The first-order valence-corrected chi connectivity index (χ1v) is 10.1. The van der Waals surface area contributed by atoms with Crippen molar-refractivity contribution in [2.45, 2.75) is 0 Å². The van der Waals surface area contributed by atoms with Gasteiger partial charge in [0.15, 0.2) is 5.82 Å². The third kappa shape index (κ3) is 4.84. The summed E-state index contributed by atoms with van der Waals surface area (Å²) in [6, 6.07) is 22.8. The van der Waals surface area contributed by atoms with Crippen LogP contribution in [0.15, 0.2) is 66.7 Å². The number of nitrogens with zero attached hydrogens (tertiary/aromatic N) is 4. The molecule has 29 heavy (non-hydrogen) atoms. The van der Waals surface area contributed by atoms with E-state index in [1.165, 1.54) is 5.69 Å². The topological polar surface area (TPSA) is 53.5 Å². The van der Waals surface area contributed by atoms with E-state index in [1.54, 1.807) is 7.11 Å². The smallest absolute Gasteiger partial charge is 0.163 e. The highest BCUT2D eigenvalue weighted by Gasteiger charge is 2.20. The Morgan fingerprint density at radius 2 is 1.52 bits per heavy atom. The quantitative estimate of drug-likeness (QED) is 0.624. The van der Waals surface area contributed by atoms with Crippen LogP contribution in [0.2, 0.25) is 0 Å². The van der Waals surface area contributed by atoms with Gasteiger partial charge in [-0.3, -0.25) is 0 Å². The molecule has 1 aliphatic heterocycles. The first-order valence-electron chi connectivity index (χ1n) is 10.1. The van der Waals surface area contributed by atoms with Gasteiger partial charge >= 0.3 is 0 Å². The number of rotatable bonds is 7. The van der Waals surface area contributed by atoms with Gasteiger partial charge < -0.3 is 19.9 Å². The number of methoxy groups -OCH3 is 1. The summed E-state index contributed by atoms with van der Waals surface area (Å²) >= 11 is 0.